The van der Waals surface area contributed by atoms with E-state index in [0.717, 1.165) is 11.5 Å². The first-order valence-corrected chi connectivity index (χ1v) is 10.4. The standard InChI is InChI=1S/C21H28N6O3/c1-14(2)10-25-18(28)17-13-27-9-6-22-20(27)21(30-17)4-7-26(8-5-21)19(29)16-12-23-15(3)11-24-16/h6,9,11-12,14,17H,4-5,7-8,10,13H2,1-3H3,(H,25,28)/t17-/m0/s1. The van der Waals surface area contributed by atoms with Crippen molar-refractivity contribution < 1.29 is 14.3 Å². The van der Waals surface area contributed by atoms with Gasteiger partial charge in [-0.05, 0) is 12.8 Å². The molecule has 2 aromatic rings. The average molecular weight is 412 g/mol. The predicted octanol–water partition coefficient (Wildman–Crippen LogP) is 1.28. The minimum atomic E-state index is -0.669. The van der Waals surface area contributed by atoms with Crippen LogP contribution in [0.25, 0.3) is 0 Å². The minimum absolute atomic E-state index is 0.101. The van der Waals surface area contributed by atoms with Crippen molar-refractivity contribution in [2.75, 3.05) is 19.6 Å². The number of aryl methyl sites for hydroxylation is 1. The third-order valence-electron chi connectivity index (χ3n) is 5.69. The Bertz CT molecular complexity index is 915. The van der Waals surface area contributed by atoms with Crippen LogP contribution in [-0.2, 0) is 21.7 Å². The Morgan fingerprint density at radius 3 is 2.67 bits per heavy atom. The van der Waals surface area contributed by atoms with Crippen LogP contribution in [0.2, 0.25) is 0 Å². The highest BCUT2D eigenvalue weighted by atomic mass is 16.5. The molecule has 4 rings (SSSR count). The number of aromatic nitrogens is 4. The van der Waals surface area contributed by atoms with Crippen LogP contribution in [0, 0.1) is 12.8 Å². The maximum atomic E-state index is 12.8. The van der Waals surface area contributed by atoms with Gasteiger partial charge in [-0.3, -0.25) is 14.6 Å². The van der Waals surface area contributed by atoms with Crippen LogP contribution >= 0.6 is 0 Å². The smallest absolute Gasteiger partial charge is 0.274 e. The number of carbonyl (C=O) groups excluding carboxylic acids is 2. The minimum Gasteiger partial charge on any atom is -0.354 e. The number of amides is 2. The molecule has 1 saturated heterocycles. The van der Waals surface area contributed by atoms with Gasteiger partial charge in [-0.15, -0.1) is 0 Å². The molecule has 9 heteroatoms. The predicted molar refractivity (Wildman–Crippen MR) is 109 cm³/mol. The summed E-state index contributed by atoms with van der Waals surface area (Å²) in [6.07, 6.45) is 7.32. The number of carbonyl (C=O) groups is 2. The number of ether oxygens (including phenoxy) is 1. The summed E-state index contributed by atoms with van der Waals surface area (Å²) in [5.74, 6) is 0.964. The Kier molecular flexibility index (Phi) is 5.55. The van der Waals surface area contributed by atoms with Gasteiger partial charge in [0.1, 0.15) is 17.1 Å². The van der Waals surface area contributed by atoms with E-state index in [2.05, 4.69) is 34.1 Å². The van der Waals surface area contributed by atoms with Gasteiger partial charge in [-0.25, -0.2) is 9.97 Å². The SMILES string of the molecule is Cc1cnc(C(=O)N2CCC3(CC2)O[C@H](C(=O)NCC(C)C)Cn2ccnc23)cn1. The number of piperidine rings is 1. The van der Waals surface area contributed by atoms with Gasteiger partial charge in [-0.1, -0.05) is 13.8 Å². The van der Waals surface area contributed by atoms with E-state index in [9.17, 15) is 9.59 Å². The summed E-state index contributed by atoms with van der Waals surface area (Å²) >= 11 is 0. The highest BCUT2D eigenvalue weighted by molar-refractivity contribution is 5.92. The topological polar surface area (TPSA) is 102 Å². The summed E-state index contributed by atoms with van der Waals surface area (Å²) in [6.45, 7) is 8.02. The fourth-order valence-corrected chi connectivity index (χ4v) is 4.03. The van der Waals surface area contributed by atoms with E-state index in [-0.39, 0.29) is 11.8 Å². The molecule has 0 radical (unpaired) electrons. The molecule has 30 heavy (non-hydrogen) atoms. The number of hydrogen-bond donors (Lipinski definition) is 1. The number of nitrogens with one attached hydrogen (secondary N) is 1. The Morgan fingerprint density at radius 2 is 2.00 bits per heavy atom. The molecule has 2 aliphatic heterocycles. The Hall–Kier alpha value is -2.81. The molecule has 2 aromatic heterocycles. The van der Waals surface area contributed by atoms with Crippen molar-refractivity contribution in [3.8, 4) is 0 Å². The molecule has 4 heterocycles. The number of fused-ring (bicyclic) bond motifs is 2. The summed E-state index contributed by atoms with van der Waals surface area (Å²) in [6, 6.07) is 0. The highest BCUT2D eigenvalue weighted by Crippen LogP contribution is 2.40. The summed E-state index contributed by atoms with van der Waals surface area (Å²) in [4.78, 5) is 40.1. The van der Waals surface area contributed by atoms with E-state index in [0.29, 0.717) is 50.6 Å². The third-order valence-corrected chi connectivity index (χ3v) is 5.69. The van der Waals surface area contributed by atoms with E-state index in [1.165, 1.54) is 6.20 Å². The first-order chi connectivity index (χ1) is 14.4. The van der Waals surface area contributed by atoms with Crippen molar-refractivity contribution in [2.24, 2.45) is 5.92 Å². The number of rotatable bonds is 4. The van der Waals surface area contributed by atoms with E-state index < -0.39 is 11.7 Å². The molecule has 0 aromatic carbocycles. The van der Waals surface area contributed by atoms with Gasteiger partial charge in [0.05, 0.1) is 18.4 Å². The quantitative estimate of drug-likeness (QED) is 0.812. The summed E-state index contributed by atoms with van der Waals surface area (Å²) in [5, 5.41) is 2.97. The van der Waals surface area contributed by atoms with Gasteiger partial charge >= 0.3 is 0 Å². The van der Waals surface area contributed by atoms with Crippen molar-refractivity contribution in [2.45, 2.75) is 51.9 Å². The lowest BCUT2D eigenvalue weighted by molar-refractivity contribution is -0.172. The number of likely N-dealkylation sites (tertiary alicyclic amines) is 1. The van der Waals surface area contributed by atoms with E-state index in [4.69, 9.17) is 4.74 Å². The third kappa shape index (κ3) is 3.94. The molecule has 0 unspecified atom stereocenters. The van der Waals surface area contributed by atoms with Crippen LogP contribution in [0.5, 0.6) is 0 Å². The normalized spacial score (nSPS) is 20.3. The van der Waals surface area contributed by atoms with Gasteiger partial charge in [0.15, 0.2) is 6.10 Å². The molecule has 1 spiro atoms. The molecule has 9 nitrogen and oxygen atoms in total. The average Bonchev–Trinajstić information content (AvgIpc) is 3.22. The van der Waals surface area contributed by atoms with Crippen LogP contribution in [-0.4, -0.2) is 62.0 Å². The second kappa shape index (κ2) is 8.14. The number of hydrogen-bond acceptors (Lipinski definition) is 6. The largest absolute Gasteiger partial charge is 0.354 e. The van der Waals surface area contributed by atoms with Gasteiger partial charge in [0.2, 0.25) is 0 Å². The number of nitrogens with zero attached hydrogens (tertiary/aromatic N) is 5. The van der Waals surface area contributed by atoms with Crippen molar-refractivity contribution >= 4 is 11.8 Å². The molecular weight excluding hydrogens is 384 g/mol. The molecule has 160 valence electrons. The Balaban J connectivity index is 1.48. The zero-order valence-corrected chi connectivity index (χ0v) is 17.7. The molecule has 2 aliphatic rings. The summed E-state index contributed by atoms with van der Waals surface area (Å²) < 4.78 is 8.39. The van der Waals surface area contributed by atoms with Crippen molar-refractivity contribution in [1.82, 2.24) is 29.7 Å². The molecule has 0 bridgehead atoms. The second-order valence-corrected chi connectivity index (χ2v) is 8.48. The number of imidazole rings is 1. The lowest BCUT2D eigenvalue weighted by atomic mass is 9.88. The Labute approximate surface area is 175 Å². The molecule has 0 saturated carbocycles. The maximum absolute atomic E-state index is 12.8. The summed E-state index contributed by atoms with van der Waals surface area (Å²) in [7, 11) is 0. The zero-order chi connectivity index (χ0) is 21.3. The zero-order valence-electron chi connectivity index (χ0n) is 17.7. The Morgan fingerprint density at radius 1 is 1.23 bits per heavy atom. The molecule has 1 atom stereocenters. The van der Waals surface area contributed by atoms with Crippen LogP contribution in [0.4, 0.5) is 0 Å². The maximum Gasteiger partial charge on any atom is 0.274 e. The van der Waals surface area contributed by atoms with E-state index >= 15 is 0 Å². The first kappa shape index (κ1) is 20.5. The van der Waals surface area contributed by atoms with Crippen LogP contribution in [0.1, 0.15) is 48.7 Å². The van der Waals surface area contributed by atoms with Crippen molar-refractivity contribution in [1.29, 1.82) is 0 Å². The fourth-order valence-electron chi connectivity index (χ4n) is 4.03. The lowest BCUT2D eigenvalue weighted by Crippen LogP contribution is -2.55. The van der Waals surface area contributed by atoms with Crippen molar-refractivity contribution in [3.63, 3.8) is 0 Å². The van der Waals surface area contributed by atoms with Gasteiger partial charge in [0, 0.05) is 51.1 Å². The first-order valence-electron chi connectivity index (χ1n) is 10.4. The molecule has 1 N–H and O–H groups in total. The van der Waals surface area contributed by atoms with E-state index in [1.807, 2.05) is 17.7 Å². The molecular formula is C21H28N6O3. The molecule has 2 amide bonds. The fraction of sp³-hybridized carbons (Fsp3) is 0.571. The molecule has 0 aliphatic carbocycles. The summed E-state index contributed by atoms with van der Waals surface area (Å²) in [5.41, 5.74) is 0.444. The highest BCUT2D eigenvalue weighted by Gasteiger charge is 2.47. The lowest BCUT2D eigenvalue weighted by Gasteiger charge is -2.45. The van der Waals surface area contributed by atoms with Gasteiger partial charge < -0.3 is 19.5 Å². The van der Waals surface area contributed by atoms with Crippen LogP contribution in [0.15, 0.2) is 24.8 Å². The monoisotopic (exact) mass is 412 g/mol. The van der Waals surface area contributed by atoms with Gasteiger partial charge in [0.25, 0.3) is 11.8 Å². The second-order valence-electron chi connectivity index (χ2n) is 8.48. The van der Waals surface area contributed by atoms with Crippen molar-refractivity contribution in [3.05, 3.63) is 42.0 Å². The van der Waals surface area contributed by atoms with E-state index in [1.54, 1.807) is 17.3 Å². The van der Waals surface area contributed by atoms with Gasteiger partial charge in [-0.2, -0.15) is 0 Å². The van der Waals surface area contributed by atoms with Crippen LogP contribution < -0.4 is 5.32 Å². The van der Waals surface area contributed by atoms with Crippen LogP contribution in [0.3, 0.4) is 0 Å². The molecule has 1 fully saturated rings.